The molecular weight excluding hydrogens is 593 g/mol. The monoisotopic (exact) mass is 631 g/mol. The Hall–Kier alpha value is -3.92. The van der Waals surface area contributed by atoms with Gasteiger partial charge in [0.05, 0.1) is 22.8 Å². The van der Waals surface area contributed by atoms with Crippen LogP contribution in [-0.2, 0) is 20.0 Å². The number of aromatic nitrogens is 3. The van der Waals surface area contributed by atoms with Crippen molar-refractivity contribution in [1.29, 1.82) is 0 Å². The summed E-state index contributed by atoms with van der Waals surface area (Å²) >= 11 is 6.96. The highest BCUT2D eigenvalue weighted by atomic mass is 35.5. The maximum absolute atomic E-state index is 13.8. The molecule has 0 amide bonds. The number of carboxylic acid groups (broad SMARTS) is 1. The van der Waals surface area contributed by atoms with Crippen LogP contribution in [0.2, 0.25) is 5.02 Å². The second kappa shape index (κ2) is 12.8. The van der Waals surface area contributed by atoms with Crippen LogP contribution in [0.5, 0.6) is 5.75 Å². The van der Waals surface area contributed by atoms with Gasteiger partial charge < -0.3 is 19.3 Å². The lowest BCUT2D eigenvalue weighted by Gasteiger charge is -2.32. The fourth-order valence-electron chi connectivity index (χ4n) is 6.68. The molecule has 0 radical (unpaired) electrons. The van der Waals surface area contributed by atoms with Crippen molar-refractivity contribution in [2.75, 3.05) is 46.4 Å². The first-order valence-corrected chi connectivity index (χ1v) is 15.8. The van der Waals surface area contributed by atoms with Crippen molar-refractivity contribution >= 4 is 39.2 Å². The van der Waals surface area contributed by atoms with Gasteiger partial charge in [-0.1, -0.05) is 29.8 Å². The van der Waals surface area contributed by atoms with E-state index < -0.39 is 5.97 Å². The van der Waals surface area contributed by atoms with E-state index in [4.69, 9.17) is 16.3 Å². The van der Waals surface area contributed by atoms with Crippen LogP contribution in [0.1, 0.15) is 33.9 Å². The van der Waals surface area contributed by atoms with Crippen LogP contribution < -0.4 is 4.74 Å². The third-order valence-corrected chi connectivity index (χ3v) is 9.42. The van der Waals surface area contributed by atoms with Gasteiger partial charge in [-0.25, -0.2) is 9.18 Å². The Morgan fingerprint density at radius 1 is 1.00 bits per heavy atom. The molecule has 45 heavy (non-hydrogen) atoms. The minimum Gasteiger partial charge on any atom is -0.493 e. The number of nitrogens with zero attached hydrogens (tertiary/aromatic N) is 5. The van der Waals surface area contributed by atoms with Gasteiger partial charge in [-0.05, 0) is 75.0 Å². The Balaban J connectivity index is 1.38. The lowest BCUT2D eigenvalue weighted by molar-refractivity contribution is 0.0682. The summed E-state index contributed by atoms with van der Waals surface area (Å²) in [6.07, 6.45) is 1.10. The van der Waals surface area contributed by atoms with E-state index in [0.717, 1.165) is 82.5 Å². The van der Waals surface area contributed by atoms with Crippen molar-refractivity contribution in [2.45, 2.75) is 33.2 Å². The van der Waals surface area contributed by atoms with Gasteiger partial charge >= 0.3 is 5.97 Å². The van der Waals surface area contributed by atoms with Crippen molar-refractivity contribution in [2.24, 2.45) is 7.05 Å². The Morgan fingerprint density at radius 3 is 2.47 bits per heavy atom. The first kappa shape index (κ1) is 31.1. The Bertz CT molecular complexity index is 1890. The van der Waals surface area contributed by atoms with Gasteiger partial charge in [-0.3, -0.25) is 9.58 Å². The first-order chi connectivity index (χ1) is 21.6. The second-order valence-electron chi connectivity index (χ2n) is 12.0. The van der Waals surface area contributed by atoms with Crippen LogP contribution in [0, 0.1) is 19.7 Å². The van der Waals surface area contributed by atoms with Gasteiger partial charge in [0.2, 0.25) is 0 Å². The molecule has 0 saturated carbocycles. The fourth-order valence-corrected chi connectivity index (χ4v) is 6.93. The van der Waals surface area contributed by atoms with Crippen LogP contribution in [0.15, 0.2) is 48.5 Å². The number of aromatic carboxylic acids is 1. The summed E-state index contributed by atoms with van der Waals surface area (Å²) in [6, 6.07) is 14.1. The highest BCUT2D eigenvalue weighted by molar-refractivity contribution is 6.35. The van der Waals surface area contributed by atoms with Crippen LogP contribution in [0.4, 0.5) is 4.39 Å². The Labute approximate surface area is 267 Å². The maximum atomic E-state index is 13.8. The van der Waals surface area contributed by atoms with Gasteiger partial charge in [-0.15, -0.1) is 0 Å². The minimum absolute atomic E-state index is 0.291. The largest absolute Gasteiger partial charge is 0.493 e. The van der Waals surface area contributed by atoms with E-state index in [1.807, 2.05) is 60.5 Å². The molecular formula is C35H39ClFN5O3. The molecule has 0 unspecified atom stereocenters. The van der Waals surface area contributed by atoms with Crippen molar-refractivity contribution in [1.82, 2.24) is 24.1 Å². The summed E-state index contributed by atoms with van der Waals surface area (Å²) in [5.41, 5.74) is 5.47. The van der Waals surface area contributed by atoms with E-state index in [2.05, 4.69) is 21.9 Å². The van der Waals surface area contributed by atoms with Crippen LogP contribution in [0.25, 0.3) is 32.8 Å². The zero-order valence-electron chi connectivity index (χ0n) is 26.2. The summed E-state index contributed by atoms with van der Waals surface area (Å²) in [7, 11) is 4.04. The molecule has 0 spiro atoms. The van der Waals surface area contributed by atoms with Crippen LogP contribution in [-0.4, -0.2) is 81.6 Å². The molecule has 0 atom stereocenters. The molecule has 1 fully saturated rings. The molecule has 3 aromatic carbocycles. The number of halogens is 2. The first-order valence-electron chi connectivity index (χ1n) is 15.4. The molecule has 6 rings (SSSR count). The minimum atomic E-state index is -0.960. The molecule has 0 bridgehead atoms. The molecule has 1 saturated heterocycles. The van der Waals surface area contributed by atoms with Crippen molar-refractivity contribution in [3.63, 3.8) is 0 Å². The average Bonchev–Trinajstić information content (AvgIpc) is 3.46. The highest BCUT2D eigenvalue weighted by Crippen LogP contribution is 2.42. The summed E-state index contributed by atoms with van der Waals surface area (Å²) < 4.78 is 23.7. The zero-order chi connectivity index (χ0) is 31.8. The predicted octanol–water partition coefficient (Wildman–Crippen LogP) is 6.56. The number of ether oxygens (including phenoxy) is 1. The lowest BCUT2D eigenvalue weighted by atomic mass is 9.98. The number of hydrogen-bond donors (Lipinski definition) is 1. The van der Waals surface area contributed by atoms with Crippen molar-refractivity contribution in [3.05, 3.63) is 82.0 Å². The second-order valence-corrected chi connectivity index (χ2v) is 12.4. The molecule has 5 aromatic rings. The van der Waals surface area contributed by atoms with Crippen molar-refractivity contribution in [3.8, 4) is 16.9 Å². The fraction of sp³-hybridized carbons (Fsp3) is 0.371. The molecule has 10 heteroatoms. The molecule has 0 aliphatic carbocycles. The summed E-state index contributed by atoms with van der Waals surface area (Å²) in [4.78, 5) is 17.8. The number of rotatable bonds is 10. The Morgan fingerprint density at radius 2 is 1.76 bits per heavy atom. The van der Waals surface area contributed by atoms with Gasteiger partial charge in [-0.2, -0.15) is 5.10 Å². The standard InChI is InChI=1S/C35H39ClFN5O3/c1-22-31(23(2)40(4)38-22)32-29(36)13-12-28-27(8-6-20-45-30-9-5-7-24-21-25(37)10-11-26(24)30)34(35(43)44)42(33(28)32)19-18-41-16-14-39(3)15-17-41/h5,7,9-13,21H,6,8,14-20H2,1-4H3,(H,43,44). The van der Waals surface area contributed by atoms with Crippen LogP contribution in [0.3, 0.4) is 0 Å². The predicted molar refractivity (Wildman–Crippen MR) is 177 cm³/mol. The summed E-state index contributed by atoms with van der Waals surface area (Å²) in [5.74, 6) is -0.573. The molecule has 8 nitrogen and oxygen atoms in total. The van der Waals surface area contributed by atoms with Gasteiger partial charge in [0, 0.05) is 73.9 Å². The van der Waals surface area contributed by atoms with Gasteiger partial charge in [0.25, 0.3) is 0 Å². The molecule has 1 N–H and O–H groups in total. The van der Waals surface area contributed by atoms with Crippen LogP contribution >= 0.6 is 11.6 Å². The van der Waals surface area contributed by atoms with Gasteiger partial charge in [0.1, 0.15) is 17.3 Å². The number of likely N-dealkylation sites (N-methyl/N-ethyl adjacent to an activating group) is 1. The number of benzene rings is 3. The SMILES string of the molecule is Cc1nn(C)c(C)c1-c1c(Cl)ccc2c(CCCOc3cccc4cc(F)ccc34)c(C(=O)O)n(CCN3CCN(C)CC3)c12. The number of fused-ring (bicyclic) bond motifs is 2. The smallest absolute Gasteiger partial charge is 0.352 e. The maximum Gasteiger partial charge on any atom is 0.352 e. The van der Waals surface area contributed by atoms with E-state index in [9.17, 15) is 14.3 Å². The van der Waals surface area contributed by atoms with E-state index in [-0.39, 0.29) is 5.82 Å². The molecule has 236 valence electrons. The molecule has 3 heterocycles. The third kappa shape index (κ3) is 6.04. The number of aryl methyl sites for hydroxylation is 3. The van der Waals surface area contributed by atoms with Gasteiger partial charge in [0.15, 0.2) is 0 Å². The van der Waals surface area contributed by atoms with Crippen molar-refractivity contribution < 1.29 is 19.0 Å². The summed E-state index contributed by atoms with van der Waals surface area (Å²) in [6.45, 7) is 9.48. The van der Waals surface area contributed by atoms with E-state index in [1.54, 1.807) is 6.07 Å². The quantitative estimate of drug-likeness (QED) is 0.176. The zero-order valence-corrected chi connectivity index (χ0v) is 27.0. The number of carboxylic acids is 1. The molecule has 1 aliphatic heterocycles. The van der Waals surface area contributed by atoms with E-state index in [0.29, 0.717) is 42.5 Å². The molecule has 1 aliphatic rings. The summed E-state index contributed by atoms with van der Waals surface area (Å²) in [5, 5.41) is 18.4. The lowest BCUT2D eigenvalue weighted by Crippen LogP contribution is -2.45. The highest BCUT2D eigenvalue weighted by Gasteiger charge is 2.28. The number of carbonyl (C=O) groups is 1. The van der Waals surface area contributed by atoms with E-state index in [1.165, 1.54) is 12.1 Å². The number of piperazine rings is 1. The Kier molecular flexibility index (Phi) is 8.86. The molecule has 2 aromatic heterocycles. The topological polar surface area (TPSA) is 75.8 Å². The normalized spacial score (nSPS) is 14.5. The van der Waals surface area contributed by atoms with E-state index >= 15 is 0 Å². The third-order valence-electron chi connectivity index (χ3n) is 9.11. The average molecular weight is 632 g/mol. The number of hydrogen-bond acceptors (Lipinski definition) is 5.